The van der Waals surface area contributed by atoms with Gasteiger partial charge < -0.3 is 56.1 Å². The Balaban J connectivity index is 0.000000140. The highest BCUT2D eigenvalue weighted by atomic mass is 35.5. The Morgan fingerprint density at radius 2 is 0.893 bits per heavy atom. The monoisotopic (exact) mass is 1730 g/mol. The fourth-order valence-corrected chi connectivity index (χ4v) is 16.8. The van der Waals surface area contributed by atoms with E-state index in [0.717, 1.165) is 18.7 Å². The fourth-order valence-electron chi connectivity index (χ4n) is 16.3. The molecule has 0 bridgehead atoms. The van der Waals surface area contributed by atoms with Gasteiger partial charge in [-0.15, -0.1) is 0 Å². The number of methoxy groups -OCH3 is 2. The third kappa shape index (κ3) is 17.8. The van der Waals surface area contributed by atoms with Gasteiger partial charge in [0.15, 0.2) is 28.7 Å². The number of rotatable bonds is 25. The lowest BCUT2D eigenvalue weighted by Crippen LogP contribution is -2.44. The molecule has 0 radical (unpaired) electrons. The minimum Gasteiger partial charge on any atom is -0.495 e. The van der Waals surface area contributed by atoms with Gasteiger partial charge in [-0.1, -0.05) is 54.4 Å². The van der Waals surface area contributed by atoms with Crippen LogP contribution in [0.5, 0.6) is 11.5 Å². The highest BCUT2D eigenvalue weighted by Gasteiger charge is 2.66. The number of nitriles is 2. The SMILES string of the molecule is CC[C@]1(c2cc(CC(=O)c3ncc(OC)cc3Cl)ccc2F)N=C(N)O[C@@H]2C[C@@H]21.COCc1cc(C#N)cnc1C(=O)Cc1ccc(F)c([C@@]2(C(C)F)N=C(N)O[C@@H]3C[C@@H]32)c1.Cc1cc(OC(F)F)cnc1C(=O)Cc1ccc(F)c([C@@]2(C(F)F)N=C(N)O[C@@H]3C[C@@H]32)c1.N#Cc1cnc(C(=O)Cc2ccc(F)c([C@@]3(CF)N=C(N)O[C@@H]4C[C@@H]43)c2)c(Cl)c1. The van der Waals surface area contributed by atoms with E-state index in [2.05, 4.69) is 44.6 Å². The van der Waals surface area contributed by atoms with Crippen LogP contribution in [0.3, 0.4) is 0 Å². The smallest absolute Gasteiger partial charge is 0.387 e. The summed E-state index contributed by atoms with van der Waals surface area (Å²) in [6, 6.07) is 25.2. The van der Waals surface area contributed by atoms with Crippen molar-refractivity contribution in [3.8, 4) is 23.6 Å². The molecule has 0 spiro atoms. The number of hydrogen-bond donors (Lipinski definition) is 4. The number of fused-ring (bicyclic) bond motifs is 4. The number of aromatic nitrogens is 4. The van der Waals surface area contributed by atoms with E-state index in [1.54, 1.807) is 18.2 Å². The number of benzene rings is 4. The first-order valence-corrected chi connectivity index (χ1v) is 38.8. The summed E-state index contributed by atoms with van der Waals surface area (Å²) >= 11 is 12.2. The zero-order valence-electron chi connectivity index (χ0n) is 65.5. The molecule has 4 aromatic heterocycles. The number of halogens is 12. The van der Waals surface area contributed by atoms with Crippen molar-refractivity contribution in [2.45, 2.75) is 151 Å². The van der Waals surface area contributed by atoms with Crippen molar-refractivity contribution < 1.29 is 96.2 Å². The molecule has 8 aliphatic rings. The lowest BCUT2D eigenvalue weighted by atomic mass is 9.80. The van der Waals surface area contributed by atoms with Crippen molar-refractivity contribution in [3.05, 3.63) is 245 Å². The predicted molar refractivity (Wildman–Crippen MR) is 421 cm³/mol. The molecular formula is C85H76Cl2F10N14O11. The van der Waals surface area contributed by atoms with Crippen molar-refractivity contribution in [2.24, 2.45) is 66.6 Å². The van der Waals surface area contributed by atoms with Crippen LogP contribution in [0.15, 0.2) is 142 Å². The Kier molecular flexibility index (Phi) is 25.4. The molecule has 0 saturated heterocycles. The summed E-state index contributed by atoms with van der Waals surface area (Å²) < 4.78 is 177. The summed E-state index contributed by atoms with van der Waals surface area (Å²) in [7, 11) is 2.97. The van der Waals surface area contributed by atoms with Crippen molar-refractivity contribution in [3.63, 3.8) is 0 Å². The Morgan fingerprint density at radius 1 is 0.508 bits per heavy atom. The zero-order valence-corrected chi connectivity index (χ0v) is 67.0. The number of nitrogens with zero attached hydrogens (tertiary/aromatic N) is 10. The van der Waals surface area contributed by atoms with Gasteiger partial charge in [-0.2, -0.15) is 19.3 Å². The largest absolute Gasteiger partial charge is 0.495 e. The molecule has 4 aromatic carbocycles. The molecule has 1 unspecified atom stereocenters. The average Bonchev–Trinajstić information content (AvgIpc) is 1.57. The number of nitrogens with two attached hydrogens (primary N) is 4. The maximum Gasteiger partial charge on any atom is 0.387 e. The lowest BCUT2D eigenvalue weighted by molar-refractivity contribution is -0.0501. The summed E-state index contributed by atoms with van der Waals surface area (Å²) in [4.78, 5) is 83.7. The normalized spacial score (nSPS) is 24.5. The summed E-state index contributed by atoms with van der Waals surface area (Å²) in [5.41, 5.74) is 20.6. The van der Waals surface area contributed by atoms with Gasteiger partial charge >= 0.3 is 6.61 Å². The Hall–Kier alpha value is -12.3. The van der Waals surface area contributed by atoms with Crippen LogP contribution in [0, 0.1) is 76.5 Å². The number of carbonyl (C=O) groups excluding carboxylic acids is 4. The van der Waals surface area contributed by atoms with E-state index < -0.39 is 95.1 Å². The molecule has 8 heterocycles. The number of carbonyl (C=O) groups is 4. The van der Waals surface area contributed by atoms with Gasteiger partial charge in [-0.3, -0.25) is 29.1 Å². The number of aliphatic imine (C=N–C) groups is 4. The topological polar surface area (TPSA) is 386 Å². The molecule has 13 atom stereocenters. The van der Waals surface area contributed by atoms with Crippen LogP contribution < -0.4 is 32.4 Å². The van der Waals surface area contributed by atoms with E-state index in [-0.39, 0.29) is 177 Å². The zero-order chi connectivity index (χ0) is 87.8. The molecule has 37 heteroatoms. The minimum atomic E-state index is -3.05. The molecule has 4 aliphatic heterocycles. The quantitative estimate of drug-likeness (QED) is 0.0305. The van der Waals surface area contributed by atoms with Gasteiger partial charge in [-0.25, -0.2) is 65.1 Å². The molecule has 122 heavy (non-hydrogen) atoms. The molecule has 8 aromatic rings. The number of ketones is 4. The second-order valence-electron chi connectivity index (χ2n) is 30.2. The van der Waals surface area contributed by atoms with Crippen LogP contribution >= 0.6 is 23.2 Å². The number of amidine groups is 4. The van der Waals surface area contributed by atoms with Crippen molar-refractivity contribution in [2.75, 3.05) is 20.9 Å². The van der Waals surface area contributed by atoms with Gasteiger partial charge in [0.05, 0.1) is 47.3 Å². The molecule has 16 rings (SSSR count). The number of pyridine rings is 4. The highest BCUT2D eigenvalue weighted by molar-refractivity contribution is 6.34. The highest BCUT2D eigenvalue weighted by Crippen LogP contribution is 2.59. The van der Waals surface area contributed by atoms with Gasteiger partial charge in [0.1, 0.15) is 124 Å². The lowest BCUT2D eigenvalue weighted by Gasteiger charge is -2.35. The Labute approximate surface area is 700 Å². The van der Waals surface area contributed by atoms with Crippen LogP contribution in [-0.4, -0.2) is 132 Å². The summed E-state index contributed by atoms with van der Waals surface area (Å²) in [6.07, 6.45) is 1.47. The number of hydrogen-bond acceptors (Lipinski definition) is 25. The van der Waals surface area contributed by atoms with Crippen LogP contribution in [0.2, 0.25) is 10.0 Å². The molecule has 4 aliphatic carbocycles. The van der Waals surface area contributed by atoms with E-state index in [1.165, 1.54) is 119 Å². The van der Waals surface area contributed by atoms with E-state index in [1.807, 2.05) is 19.1 Å². The van der Waals surface area contributed by atoms with Crippen molar-refractivity contribution in [1.29, 1.82) is 10.5 Å². The molecule has 636 valence electrons. The minimum absolute atomic E-state index is 0.00310. The van der Waals surface area contributed by atoms with Gasteiger partial charge in [-0.05, 0) is 140 Å². The number of Topliss-reactive ketones (excluding diaryl/α,β-unsaturated/α-hetero) is 4. The Morgan fingerprint density at radius 3 is 1.34 bits per heavy atom. The van der Waals surface area contributed by atoms with Gasteiger partial charge in [0.25, 0.3) is 30.5 Å². The van der Waals surface area contributed by atoms with Crippen LogP contribution in [0.1, 0.15) is 155 Å². The summed E-state index contributed by atoms with van der Waals surface area (Å²) in [6.45, 7) is 0.911. The molecular weight excluding hydrogens is 1650 g/mol. The third-order valence-electron chi connectivity index (χ3n) is 22.4. The first kappa shape index (κ1) is 87.5. The Bertz CT molecular complexity index is 5700. The second kappa shape index (κ2) is 35.4. The number of ether oxygens (including phenoxy) is 7. The van der Waals surface area contributed by atoms with Crippen LogP contribution in [-0.2, 0) is 78.1 Å². The van der Waals surface area contributed by atoms with Crippen molar-refractivity contribution >= 4 is 70.4 Å². The predicted octanol–water partition coefficient (Wildman–Crippen LogP) is 13.4. The van der Waals surface area contributed by atoms with E-state index in [9.17, 15) is 63.1 Å². The molecule has 0 amide bonds. The maximum atomic E-state index is 14.9. The van der Waals surface area contributed by atoms with Crippen LogP contribution in [0.4, 0.5) is 43.9 Å². The first-order chi connectivity index (χ1) is 58.2. The average molecular weight is 1730 g/mol. The summed E-state index contributed by atoms with van der Waals surface area (Å²) in [5.74, 6) is -5.05. The standard InChI is InChI=1S/C23H22F2N4O3.C21H21ClFN3O3.C21H18F5N3O3.C20H15ClF2N4O2/c1-12(24)23(17-8-20(17)32-22(27)29-23)16-6-13(3-4-18(16)25)7-19(30)21-15(11-31-2)5-14(9-26)10-28-21;1-3-21(14-9-18(14)29-20(24)26-21)13-6-11(4-5-16(13)23)7-17(27)19-15(22)8-12(28-2)10-25-19;1-9-4-11(31-19(25)26)8-28-17(9)15(30)6-10-2-3-14(22)12(5-10)21(18(23)24)13-7-16(13)32-20(27)29-21;21-14-4-11(7-24)8-26-18(14)16(28)5-10-1-2-15(23)12(3-10)20(9-22)13-6-17(13)29-19(25)27-20/h3-6,10,12,17,20H,7-8,11H2,1-2H3,(H2,27,29);4-6,8,10,14,18H,3,7,9H2,1-2H3,(H2,24,26);2-5,8,13,16,18-19H,6-7H2,1H3,(H2,27,29);1-4,8,13,17H,5-6,9H2,(H2,25,27)/t12?,17-,20+,23+;14-,18+,21+;13-,16+,21+;13-,17+,20+/m0000/s1. The number of alkyl halides is 6. The molecule has 4 saturated carbocycles. The fraction of sp³-hybridized carbons (Fsp3) is 0.365. The second-order valence-corrected chi connectivity index (χ2v) is 31.0. The van der Waals surface area contributed by atoms with Crippen molar-refractivity contribution in [1.82, 2.24) is 19.9 Å². The maximum absolute atomic E-state index is 14.9. The first-order valence-electron chi connectivity index (χ1n) is 38.1. The van der Waals surface area contributed by atoms with E-state index >= 15 is 0 Å². The summed E-state index contributed by atoms with van der Waals surface area (Å²) in [5, 5.41) is 18.2. The molecule has 8 N–H and O–H groups in total. The third-order valence-corrected chi connectivity index (χ3v) is 23.0. The van der Waals surface area contributed by atoms with Gasteiger partial charge in [0.2, 0.25) is 0 Å². The van der Waals surface area contributed by atoms with E-state index in [4.69, 9.17) is 85.1 Å². The molecule has 4 fully saturated rings. The van der Waals surface area contributed by atoms with Crippen LogP contribution in [0.25, 0.3) is 0 Å². The molecule has 25 nitrogen and oxygen atoms in total. The van der Waals surface area contributed by atoms with Gasteiger partial charge in [0, 0.05) is 103 Å². The number of aryl methyl sites for hydroxylation is 1. The van der Waals surface area contributed by atoms with E-state index in [0.29, 0.717) is 64.0 Å².